The molecule has 5 aliphatic carbocycles. The third-order valence-corrected chi connectivity index (χ3v) is 9.14. The lowest BCUT2D eigenvalue weighted by atomic mass is 9.50. The molecule has 0 saturated heterocycles. The first-order valence-electron chi connectivity index (χ1n) is 12.8. The van der Waals surface area contributed by atoms with E-state index in [4.69, 9.17) is 14.6 Å². The first kappa shape index (κ1) is 23.6. The zero-order valence-electron chi connectivity index (χ0n) is 19.7. The van der Waals surface area contributed by atoms with E-state index in [2.05, 4.69) is 6.92 Å². The summed E-state index contributed by atoms with van der Waals surface area (Å²) in [5.74, 6) is -4.57. The molecule has 0 radical (unpaired) electrons. The highest BCUT2D eigenvalue weighted by Gasteiger charge is 2.56. The summed E-state index contributed by atoms with van der Waals surface area (Å²) in [5, 5.41) is 9.07. The molecular weight excluding hydrogens is 442 g/mol. The van der Waals surface area contributed by atoms with Gasteiger partial charge in [-0.1, -0.05) is 19.3 Å². The van der Waals surface area contributed by atoms with Gasteiger partial charge in [0.05, 0.1) is 5.56 Å². The number of hydrogen-bond donors (Lipinski definition) is 1. The van der Waals surface area contributed by atoms with Crippen molar-refractivity contribution in [1.29, 1.82) is 0 Å². The van der Waals surface area contributed by atoms with Gasteiger partial charge >= 0.3 is 17.9 Å². The minimum Gasteiger partial charge on any atom is -0.487 e. The van der Waals surface area contributed by atoms with Crippen LogP contribution >= 0.6 is 0 Å². The molecule has 5 saturated carbocycles. The molecule has 0 amide bonds. The SMILES string of the molecule is CC1(Oc2ccc(C(=O)OC(C3CCCCC3)C(F)(F)C(=O)O)cc2)C2CC3CC(C2)CC1C3. The van der Waals surface area contributed by atoms with Gasteiger partial charge in [0.1, 0.15) is 11.4 Å². The number of carbonyl (C=O) groups is 2. The third-order valence-electron chi connectivity index (χ3n) is 9.14. The number of carbonyl (C=O) groups excluding carboxylic acids is 1. The zero-order valence-corrected chi connectivity index (χ0v) is 19.7. The molecule has 1 aromatic carbocycles. The Morgan fingerprint density at radius 1 is 0.971 bits per heavy atom. The number of benzene rings is 1. The van der Waals surface area contributed by atoms with Crippen LogP contribution in [-0.4, -0.2) is 34.7 Å². The van der Waals surface area contributed by atoms with Gasteiger partial charge < -0.3 is 14.6 Å². The van der Waals surface area contributed by atoms with Gasteiger partial charge in [0.15, 0.2) is 6.10 Å². The highest BCUT2D eigenvalue weighted by molar-refractivity contribution is 5.90. The predicted octanol–water partition coefficient (Wildman–Crippen LogP) is 6.11. The van der Waals surface area contributed by atoms with Gasteiger partial charge in [-0.3, -0.25) is 0 Å². The number of aliphatic carboxylic acids is 1. The van der Waals surface area contributed by atoms with Crippen molar-refractivity contribution in [2.24, 2.45) is 29.6 Å². The minimum absolute atomic E-state index is 0.115. The Bertz CT molecular complexity index is 893. The molecule has 5 aliphatic rings. The van der Waals surface area contributed by atoms with Gasteiger partial charge in [-0.2, -0.15) is 8.78 Å². The van der Waals surface area contributed by atoms with Crippen LogP contribution < -0.4 is 4.74 Å². The fourth-order valence-electron chi connectivity index (χ4n) is 7.41. The van der Waals surface area contributed by atoms with Crippen molar-refractivity contribution in [3.63, 3.8) is 0 Å². The number of carboxylic acid groups (broad SMARTS) is 1. The molecule has 1 unspecified atom stereocenters. The van der Waals surface area contributed by atoms with Crippen LogP contribution in [0.2, 0.25) is 0 Å². The quantitative estimate of drug-likeness (QED) is 0.481. The van der Waals surface area contributed by atoms with Gasteiger partial charge in [0, 0.05) is 5.92 Å². The molecule has 1 N–H and O–H groups in total. The van der Waals surface area contributed by atoms with Crippen molar-refractivity contribution in [1.82, 2.24) is 0 Å². The van der Waals surface area contributed by atoms with Gasteiger partial charge in [0.2, 0.25) is 0 Å². The molecule has 0 aliphatic heterocycles. The van der Waals surface area contributed by atoms with Crippen molar-refractivity contribution in [2.45, 2.75) is 88.8 Å². The van der Waals surface area contributed by atoms with Crippen LogP contribution in [0.1, 0.15) is 81.5 Å². The Morgan fingerprint density at radius 2 is 1.53 bits per heavy atom. The molecule has 1 atom stereocenters. The maximum Gasteiger partial charge on any atom is 0.378 e. The van der Waals surface area contributed by atoms with E-state index in [0.717, 1.165) is 31.1 Å². The van der Waals surface area contributed by atoms with Crippen LogP contribution in [0.5, 0.6) is 5.75 Å². The molecule has 5 nitrogen and oxygen atoms in total. The molecule has 6 rings (SSSR count). The average molecular weight is 477 g/mol. The summed E-state index contributed by atoms with van der Waals surface area (Å²) in [7, 11) is 0. The molecule has 4 bridgehead atoms. The van der Waals surface area contributed by atoms with Crippen LogP contribution in [-0.2, 0) is 9.53 Å². The van der Waals surface area contributed by atoms with Gasteiger partial charge in [-0.05, 0) is 99.8 Å². The molecule has 0 aromatic heterocycles. The summed E-state index contributed by atoms with van der Waals surface area (Å²) < 4.78 is 40.7. The standard InChI is InChI=1S/C27H34F2O5/c1-26(20-12-16-11-17(14-20)15-21(26)13-16)34-22-9-7-19(8-10-22)24(30)33-23(27(28,29)25(31)32)18-5-3-2-4-6-18/h7-10,16-18,20-21,23H,2-6,11-15H2,1H3,(H,31,32). The lowest BCUT2D eigenvalue weighted by molar-refractivity contribution is -0.189. The summed E-state index contributed by atoms with van der Waals surface area (Å²) in [6.45, 7) is 2.21. The fourth-order valence-corrected chi connectivity index (χ4v) is 7.41. The number of alkyl halides is 2. The molecule has 34 heavy (non-hydrogen) atoms. The number of hydrogen-bond acceptors (Lipinski definition) is 4. The molecular formula is C27H34F2O5. The van der Waals surface area contributed by atoms with Crippen LogP contribution in [0.3, 0.4) is 0 Å². The van der Waals surface area contributed by atoms with Crippen molar-refractivity contribution in [2.75, 3.05) is 0 Å². The van der Waals surface area contributed by atoms with Crippen LogP contribution in [0.4, 0.5) is 8.78 Å². The summed E-state index contributed by atoms with van der Waals surface area (Å²) in [6.07, 6.45) is 7.48. The number of ether oxygens (including phenoxy) is 2. The molecule has 7 heteroatoms. The van der Waals surface area contributed by atoms with E-state index in [1.165, 1.54) is 44.2 Å². The maximum atomic E-state index is 14.5. The normalized spacial score (nSPS) is 34.0. The Labute approximate surface area is 199 Å². The van der Waals surface area contributed by atoms with Gasteiger partial charge in [0.25, 0.3) is 0 Å². The highest BCUT2D eigenvalue weighted by atomic mass is 19.3. The van der Waals surface area contributed by atoms with Crippen molar-refractivity contribution in [3.05, 3.63) is 29.8 Å². The summed E-state index contributed by atoms with van der Waals surface area (Å²) in [4.78, 5) is 24.0. The average Bonchev–Trinajstić information content (AvgIpc) is 2.81. The second-order valence-corrected chi connectivity index (χ2v) is 11.3. The van der Waals surface area contributed by atoms with E-state index >= 15 is 0 Å². The number of esters is 1. The Hall–Kier alpha value is -2.18. The van der Waals surface area contributed by atoms with Crippen molar-refractivity contribution in [3.8, 4) is 5.75 Å². The summed E-state index contributed by atoms with van der Waals surface area (Å²) in [5.41, 5.74) is -0.102. The van der Waals surface area contributed by atoms with E-state index in [0.29, 0.717) is 30.4 Å². The van der Waals surface area contributed by atoms with E-state index in [1.54, 1.807) is 12.1 Å². The van der Waals surface area contributed by atoms with E-state index in [1.807, 2.05) is 0 Å². The number of carboxylic acids is 1. The van der Waals surface area contributed by atoms with E-state index in [9.17, 15) is 18.4 Å². The highest BCUT2D eigenvalue weighted by Crippen LogP contribution is 2.59. The third kappa shape index (κ3) is 4.20. The van der Waals surface area contributed by atoms with Gasteiger partial charge in [-0.15, -0.1) is 0 Å². The smallest absolute Gasteiger partial charge is 0.378 e. The lowest BCUT2D eigenvalue weighted by Crippen LogP contribution is -2.59. The monoisotopic (exact) mass is 476 g/mol. The second-order valence-electron chi connectivity index (χ2n) is 11.3. The zero-order chi connectivity index (χ0) is 24.1. The topological polar surface area (TPSA) is 72.8 Å². The van der Waals surface area contributed by atoms with Crippen LogP contribution in [0.15, 0.2) is 24.3 Å². The number of halogens is 2. The van der Waals surface area contributed by atoms with Crippen LogP contribution in [0, 0.1) is 29.6 Å². The van der Waals surface area contributed by atoms with Crippen molar-refractivity contribution < 1.29 is 33.0 Å². The lowest BCUT2D eigenvalue weighted by Gasteiger charge is -2.59. The first-order chi connectivity index (χ1) is 16.2. The van der Waals surface area contributed by atoms with Crippen LogP contribution in [0.25, 0.3) is 0 Å². The number of rotatable bonds is 7. The largest absolute Gasteiger partial charge is 0.487 e. The van der Waals surface area contributed by atoms with Gasteiger partial charge in [-0.25, -0.2) is 9.59 Å². The Kier molecular flexibility index (Phi) is 6.09. The molecule has 0 spiro atoms. The summed E-state index contributed by atoms with van der Waals surface area (Å²) >= 11 is 0. The second kappa shape index (κ2) is 8.80. The summed E-state index contributed by atoms with van der Waals surface area (Å²) in [6, 6.07) is 6.43. The Morgan fingerprint density at radius 3 is 2.06 bits per heavy atom. The van der Waals surface area contributed by atoms with E-state index in [-0.39, 0.29) is 11.2 Å². The maximum absolute atomic E-state index is 14.5. The molecule has 1 aromatic rings. The predicted molar refractivity (Wildman–Crippen MR) is 121 cm³/mol. The minimum atomic E-state index is -4.13. The molecule has 0 heterocycles. The molecule has 186 valence electrons. The van der Waals surface area contributed by atoms with Crippen molar-refractivity contribution >= 4 is 11.9 Å². The first-order valence-corrected chi connectivity index (χ1v) is 12.8. The Balaban J connectivity index is 1.28. The molecule has 5 fully saturated rings. The van der Waals surface area contributed by atoms with E-state index < -0.39 is 29.9 Å². The fraction of sp³-hybridized carbons (Fsp3) is 0.704.